The van der Waals surface area contributed by atoms with Gasteiger partial charge in [-0.1, -0.05) is 5.92 Å². The molecule has 1 aliphatic rings. The molecule has 7 heteroatoms. The van der Waals surface area contributed by atoms with Crippen LogP contribution in [0.25, 0.3) is 0 Å². The van der Waals surface area contributed by atoms with Gasteiger partial charge >= 0.3 is 0 Å². The first-order valence-electron chi connectivity index (χ1n) is 4.94. The van der Waals surface area contributed by atoms with E-state index in [4.69, 9.17) is 6.42 Å². The molecule has 0 aliphatic carbocycles. The maximum absolute atomic E-state index is 11.8. The molecule has 1 aliphatic heterocycles. The molecule has 0 spiro atoms. The molecule has 0 aromatic rings. The molecule has 1 saturated heterocycles. The van der Waals surface area contributed by atoms with Gasteiger partial charge in [-0.25, -0.2) is 21.6 Å². The largest absolute Gasteiger partial charge is 0.229 e. The highest BCUT2D eigenvalue weighted by Gasteiger charge is 2.33. The lowest BCUT2D eigenvalue weighted by Crippen LogP contribution is -2.42. The molecule has 0 radical (unpaired) electrons. The summed E-state index contributed by atoms with van der Waals surface area (Å²) in [4.78, 5) is 0. The zero-order valence-corrected chi connectivity index (χ0v) is 10.6. The van der Waals surface area contributed by atoms with Crippen molar-refractivity contribution in [2.24, 2.45) is 0 Å². The van der Waals surface area contributed by atoms with Gasteiger partial charge < -0.3 is 0 Å². The summed E-state index contributed by atoms with van der Waals surface area (Å²) in [6.45, 7) is 1.57. The molecule has 0 saturated carbocycles. The summed E-state index contributed by atoms with van der Waals surface area (Å²) in [7, 11) is -6.54. The molecule has 0 aromatic carbocycles. The van der Waals surface area contributed by atoms with Crippen LogP contribution in [0, 0.1) is 12.3 Å². The molecule has 1 heterocycles. The first-order chi connectivity index (χ1) is 7.27. The number of hydrogen-bond donors (Lipinski definition) is 1. The van der Waals surface area contributed by atoms with E-state index < -0.39 is 31.2 Å². The molecule has 1 atom stereocenters. The fourth-order valence-electron chi connectivity index (χ4n) is 1.56. The van der Waals surface area contributed by atoms with Gasteiger partial charge in [-0.05, 0) is 19.8 Å². The van der Waals surface area contributed by atoms with Crippen LogP contribution in [-0.4, -0.2) is 39.6 Å². The molecule has 0 amide bonds. The van der Waals surface area contributed by atoms with Crippen molar-refractivity contribution in [2.75, 3.05) is 11.5 Å². The maximum atomic E-state index is 11.8. The summed E-state index contributed by atoms with van der Waals surface area (Å²) >= 11 is 0. The quantitative estimate of drug-likeness (QED) is 0.698. The van der Waals surface area contributed by atoms with E-state index >= 15 is 0 Å². The number of rotatable bonds is 3. The second-order valence-corrected chi connectivity index (χ2v) is 8.20. The lowest BCUT2D eigenvalue weighted by molar-refractivity contribution is 0.540. The second kappa shape index (κ2) is 4.73. The zero-order valence-electron chi connectivity index (χ0n) is 9.01. The molecule has 1 rings (SSSR count). The van der Waals surface area contributed by atoms with Crippen LogP contribution in [0.2, 0.25) is 0 Å². The van der Waals surface area contributed by atoms with Gasteiger partial charge in [0.05, 0.1) is 22.8 Å². The van der Waals surface area contributed by atoms with Gasteiger partial charge in [-0.15, -0.1) is 6.42 Å². The smallest absolute Gasteiger partial charge is 0.215 e. The minimum absolute atomic E-state index is 0.0665. The SMILES string of the molecule is C#CC(C)NS(=O)(=O)C1CCS(=O)(=O)CC1. The summed E-state index contributed by atoms with van der Waals surface area (Å²) < 4.78 is 48.2. The fourth-order valence-corrected chi connectivity index (χ4v) is 4.95. The van der Waals surface area contributed by atoms with E-state index in [1.54, 1.807) is 6.92 Å². The van der Waals surface area contributed by atoms with Gasteiger partial charge in [0.25, 0.3) is 0 Å². The third-order valence-corrected chi connectivity index (χ3v) is 6.28. The van der Waals surface area contributed by atoms with E-state index in [0.29, 0.717) is 0 Å². The molecule has 1 unspecified atom stereocenters. The molecule has 0 aromatic heterocycles. The van der Waals surface area contributed by atoms with Gasteiger partial charge in [0.15, 0.2) is 0 Å². The number of sulfonamides is 1. The zero-order chi connectivity index (χ0) is 12.4. The van der Waals surface area contributed by atoms with Crippen molar-refractivity contribution in [3.05, 3.63) is 0 Å². The predicted octanol–water partition coefficient (Wildman–Crippen LogP) is -0.495. The Morgan fingerprint density at radius 1 is 1.38 bits per heavy atom. The van der Waals surface area contributed by atoms with Crippen LogP contribution < -0.4 is 4.72 Å². The Bertz CT molecular complexity index is 472. The normalized spacial score (nSPS) is 23.5. The molecular weight excluding hydrogens is 250 g/mol. The summed E-state index contributed by atoms with van der Waals surface area (Å²) in [5, 5.41) is -0.646. The fraction of sp³-hybridized carbons (Fsp3) is 0.778. The molecule has 1 fully saturated rings. The van der Waals surface area contributed by atoms with E-state index in [1.807, 2.05) is 0 Å². The van der Waals surface area contributed by atoms with Gasteiger partial charge in [0.2, 0.25) is 10.0 Å². The Morgan fingerprint density at radius 2 is 1.88 bits per heavy atom. The molecular formula is C9H15NO4S2. The van der Waals surface area contributed by atoms with Crippen LogP contribution in [0.3, 0.4) is 0 Å². The minimum Gasteiger partial charge on any atom is -0.229 e. The van der Waals surface area contributed by atoms with E-state index in [-0.39, 0.29) is 24.3 Å². The van der Waals surface area contributed by atoms with Crippen LogP contribution in [0.5, 0.6) is 0 Å². The minimum atomic E-state index is -3.50. The molecule has 92 valence electrons. The number of terminal acetylenes is 1. The van der Waals surface area contributed by atoms with Crippen LogP contribution in [0.15, 0.2) is 0 Å². The van der Waals surface area contributed by atoms with Crippen LogP contribution in [-0.2, 0) is 19.9 Å². The standard InChI is InChI=1S/C9H15NO4S2/c1-3-8(2)10-16(13,14)9-4-6-15(11,12)7-5-9/h1,8-10H,4-7H2,2H3. The number of sulfone groups is 1. The van der Waals surface area contributed by atoms with Crippen molar-refractivity contribution < 1.29 is 16.8 Å². The Hall–Kier alpha value is -0.580. The van der Waals surface area contributed by atoms with Crippen molar-refractivity contribution in [3.8, 4) is 12.3 Å². The molecule has 5 nitrogen and oxygen atoms in total. The van der Waals surface area contributed by atoms with E-state index in [1.165, 1.54) is 0 Å². The van der Waals surface area contributed by atoms with Gasteiger partial charge in [-0.3, -0.25) is 0 Å². The van der Waals surface area contributed by atoms with Gasteiger partial charge in [-0.2, -0.15) is 0 Å². The average molecular weight is 265 g/mol. The lowest BCUT2D eigenvalue weighted by atomic mass is 10.2. The number of nitrogens with one attached hydrogen (secondary N) is 1. The van der Waals surface area contributed by atoms with Crippen molar-refractivity contribution in [3.63, 3.8) is 0 Å². The van der Waals surface area contributed by atoms with E-state index in [9.17, 15) is 16.8 Å². The third-order valence-electron chi connectivity index (χ3n) is 2.53. The first kappa shape index (κ1) is 13.5. The Balaban J connectivity index is 2.70. The van der Waals surface area contributed by atoms with E-state index in [0.717, 1.165) is 0 Å². The van der Waals surface area contributed by atoms with Crippen molar-refractivity contribution in [1.29, 1.82) is 0 Å². The van der Waals surface area contributed by atoms with Crippen molar-refractivity contribution in [1.82, 2.24) is 4.72 Å². The number of hydrogen-bond acceptors (Lipinski definition) is 4. The predicted molar refractivity (Wildman–Crippen MR) is 62.0 cm³/mol. The highest BCUT2D eigenvalue weighted by molar-refractivity contribution is 7.92. The second-order valence-electron chi connectivity index (χ2n) is 3.90. The summed E-state index contributed by atoms with van der Waals surface area (Å²) in [6, 6.07) is -0.566. The van der Waals surface area contributed by atoms with E-state index in [2.05, 4.69) is 10.6 Å². The van der Waals surface area contributed by atoms with Crippen LogP contribution in [0.1, 0.15) is 19.8 Å². The summed E-state index contributed by atoms with van der Waals surface area (Å²) in [5.41, 5.74) is 0. The Kier molecular flexibility index (Phi) is 3.99. The van der Waals surface area contributed by atoms with Gasteiger partial charge in [0, 0.05) is 0 Å². The lowest BCUT2D eigenvalue weighted by Gasteiger charge is -2.23. The van der Waals surface area contributed by atoms with Crippen LogP contribution >= 0.6 is 0 Å². The highest BCUT2D eigenvalue weighted by Crippen LogP contribution is 2.18. The topological polar surface area (TPSA) is 80.3 Å². The van der Waals surface area contributed by atoms with Crippen molar-refractivity contribution >= 4 is 19.9 Å². The molecule has 1 N–H and O–H groups in total. The monoisotopic (exact) mass is 265 g/mol. The summed E-state index contributed by atoms with van der Waals surface area (Å²) in [6.07, 6.45) is 5.37. The van der Waals surface area contributed by atoms with Gasteiger partial charge in [0.1, 0.15) is 9.84 Å². The third kappa shape index (κ3) is 3.47. The molecule has 16 heavy (non-hydrogen) atoms. The Labute approximate surface area is 96.6 Å². The highest BCUT2D eigenvalue weighted by atomic mass is 32.2. The van der Waals surface area contributed by atoms with Crippen LogP contribution in [0.4, 0.5) is 0 Å². The average Bonchev–Trinajstić information content (AvgIpc) is 2.16. The Morgan fingerprint density at radius 3 is 2.31 bits per heavy atom. The van der Waals surface area contributed by atoms with Crippen molar-refractivity contribution in [2.45, 2.75) is 31.1 Å². The molecule has 0 bridgehead atoms. The maximum Gasteiger partial charge on any atom is 0.215 e. The first-order valence-corrected chi connectivity index (χ1v) is 8.31. The summed E-state index contributed by atoms with van der Waals surface area (Å²) in [5.74, 6) is 2.13.